The molecule has 0 amide bonds. The number of sulfonamides is 1. The average molecular weight is 595 g/mol. The lowest BCUT2D eigenvalue weighted by atomic mass is 9.97. The normalized spacial score (nSPS) is 20.6. The number of halogens is 2. The number of nitrogens with one attached hydrogen (secondary N) is 3. The molecule has 2 aromatic carbocycles. The standard InChI is InChI=1S/C29H32F2N8O2S/c1-18-13-21(37-36-18)17-39-22-6-7-23(39)16-24(15-22)38(2)42(40,41)25-8-3-19(4-9-25)34-29-32-12-11-28(35-29)33-20-5-10-26(30)27(31)14-20/h3-5,8-14,22-24H,6-7,15-17H2,1-2H3,(H,36,37)(H2,32,33,34,35). The molecule has 2 saturated heterocycles. The minimum absolute atomic E-state index is 0.0688. The molecule has 13 heteroatoms. The lowest BCUT2D eigenvalue weighted by molar-refractivity contribution is 0.0894. The lowest BCUT2D eigenvalue weighted by Crippen LogP contribution is -2.50. The van der Waals surface area contributed by atoms with Gasteiger partial charge >= 0.3 is 0 Å². The molecule has 4 heterocycles. The van der Waals surface area contributed by atoms with Crippen molar-refractivity contribution in [2.45, 2.75) is 62.2 Å². The molecule has 2 fully saturated rings. The Morgan fingerprint density at radius 2 is 1.69 bits per heavy atom. The van der Waals surface area contributed by atoms with Crippen molar-refractivity contribution < 1.29 is 17.2 Å². The Hall–Kier alpha value is -3.94. The zero-order chi connectivity index (χ0) is 29.4. The number of hydrogen-bond donors (Lipinski definition) is 3. The van der Waals surface area contributed by atoms with E-state index < -0.39 is 21.7 Å². The summed E-state index contributed by atoms with van der Waals surface area (Å²) in [5, 5.41) is 13.3. The van der Waals surface area contributed by atoms with Crippen molar-refractivity contribution in [2.75, 3.05) is 17.7 Å². The van der Waals surface area contributed by atoms with Crippen molar-refractivity contribution >= 4 is 33.2 Å². The van der Waals surface area contributed by atoms with Gasteiger partial charge in [-0.2, -0.15) is 14.4 Å². The summed E-state index contributed by atoms with van der Waals surface area (Å²) in [6.07, 6.45) is 5.24. The molecule has 2 bridgehead atoms. The van der Waals surface area contributed by atoms with Crippen LogP contribution in [-0.2, 0) is 16.6 Å². The first-order valence-corrected chi connectivity index (χ1v) is 15.3. The number of anilines is 4. The Kier molecular flexibility index (Phi) is 7.64. The first-order valence-electron chi connectivity index (χ1n) is 13.8. The van der Waals surface area contributed by atoms with Crippen molar-refractivity contribution in [3.63, 3.8) is 0 Å². The summed E-state index contributed by atoms with van der Waals surface area (Å²) in [6.45, 7) is 2.77. The molecule has 2 unspecified atom stereocenters. The molecule has 0 saturated carbocycles. The number of aromatic nitrogens is 4. The number of piperidine rings is 1. The summed E-state index contributed by atoms with van der Waals surface area (Å²) in [5.41, 5.74) is 3.00. The molecule has 2 atom stereocenters. The fourth-order valence-corrected chi connectivity index (χ4v) is 7.33. The molecular weight excluding hydrogens is 562 g/mol. The number of aryl methyl sites for hydroxylation is 1. The summed E-state index contributed by atoms with van der Waals surface area (Å²) in [7, 11) is -2.02. The molecule has 2 aliphatic rings. The first kappa shape index (κ1) is 28.2. The van der Waals surface area contributed by atoms with Crippen LogP contribution in [0.25, 0.3) is 0 Å². The van der Waals surface area contributed by atoms with Crippen LogP contribution in [0, 0.1) is 18.6 Å². The summed E-state index contributed by atoms with van der Waals surface area (Å²) in [5.74, 6) is -1.27. The monoisotopic (exact) mass is 594 g/mol. The topological polar surface area (TPSA) is 119 Å². The van der Waals surface area contributed by atoms with Gasteiger partial charge in [-0.15, -0.1) is 0 Å². The van der Waals surface area contributed by atoms with E-state index in [4.69, 9.17) is 0 Å². The van der Waals surface area contributed by atoms with E-state index in [-0.39, 0.29) is 16.9 Å². The molecule has 2 aromatic heterocycles. The summed E-state index contributed by atoms with van der Waals surface area (Å²) in [4.78, 5) is 11.2. The molecular formula is C29H32F2N8O2S. The smallest absolute Gasteiger partial charge is 0.243 e. The van der Waals surface area contributed by atoms with E-state index in [1.165, 1.54) is 16.6 Å². The van der Waals surface area contributed by atoms with Gasteiger partial charge in [-0.25, -0.2) is 22.2 Å². The van der Waals surface area contributed by atoms with Crippen molar-refractivity contribution in [2.24, 2.45) is 0 Å². The van der Waals surface area contributed by atoms with E-state index in [1.807, 2.05) is 6.92 Å². The fourth-order valence-electron chi connectivity index (χ4n) is 5.96. The number of benzene rings is 2. The Morgan fingerprint density at radius 1 is 0.976 bits per heavy atom. The van der Waals surface area contributed by atoms with Gasteiger partial charge in [0, 0.05) is 61.0 Å². The van der Waals surface area contributed by atoms with Crippen molar-refractivity contribution in [3.05, 3.63) is 83.8 Å². The molecule has 0 spiro atoms. The largest absolute Gasteiger partial charge is 0.340 e. The Bertz CT molecular complexity index is 1670. The van der Waals surface area contributed by atoms with Crippen LogP contribution >= 0.6 is 0 Å². The Balaban J connectivity index is 1.09. The zero-order valence-corrected chi connectivity index (χ0v) is 24.1. The highest BCUT2D eigenvalue weighted by Gasteiger charge is 2.44. The third-order valence-electron chi connectivity index (χ3n) is 8.11. The number of nitrogens with zero attached hydrogens (tertiary/aromatic N) is 5. The highest BCUT2D eigenvalue weighted by molar-refractivity contribution is 7.89. The zero-order valence-electron chi connectivity index (χ0n) is 23.3. The lowest BCUT2D eigenvalue weighted by Gasteiger charge is -2.41. The van der Waals surface area contributed by atoms with Gasteiger partial charge in [-0.1, -0.05) is 0 Å². The van der Waals surface area contributed by atoms with Gasteiger partial charge in [-0.3, -0.25) is 10.00 Å². The van der Waals surface area contributed by atoms with E-state index in [1.54, 1.807) is 37.4 Å². The molecule has 2 aliphatic heterocycles. The fraction of sp³-hybridized carbons (Fsp3) is 0.345. The maximum absolute atomic E-state index is 13.6. The van der Waals surface area contributed by atoms with Gasteiger partial charge in [0.25, 0.3) is 0 Å². The summed E-state index contributed by atoms with van der Waals surface area (Å²) < 4.78 is 55.4. The van der Waals surface area contributed by atoms with E-state index in [0.717, 1.165) is 55.7 Å². The molecule has 0 aliphatic carbocycles. The van der Waals surface area contributed by atoms with Crippen LogP contribution in [0.2, 0.25) is 0 Å². The number of hydrogen-bond acceptors (Lipinski definition) is 8. The van der Waals surface area contributed by atoms with E-state index in [2.05, 4.69) is 41.8 Å². The van der Waals surface area contributed by atoms with Crippen LogP contribution in [0.4, 0.5) is 31.9 Å². The van der Waals surface area contributed by atoms with Crippen LogP contribution in [-0.4, -0.2) is 63.0 Å². The number of H-pyrrole nitrogens is 1. The second-order valence-electron chi connectivity index (χ2n) is 10.9. The van der Waals surface area contributed by atoms with Crippen molar-refractivity contribution in [1.29, 1.82) is 0 Å². The van der Waals surface area contributed by atoms with Gasteiger partial charge in [-0.05, 0) is 81.1 Å². The Labute approximate surface area is 243 Å². The minimum atomic E-state index is -3.70. The summed E-state index contributed by atoms with van der Waals surface area (Å²) in [6, 6.07) is 14.2. The quantitative estimate of drug-likeness (QED) is 0.245. The molecule has 220 valence electrons. The highest BCUT2D eigenvalue weighted by Crippen LogP contribution is 2.39. The predicted molar refractivity (Wildman–Crippen MR) is 155 cm³/mol. The van der Waals surface area contributed by atoms with Crippen molar-refractivity contribution in [1.82, 2.24) is 29.4 Å². The molecule has 0 radical (unpaired) electrons. The van der Waals surface area contributed by atoms with Gasteiger partial charge in [0.05, 0.1) is 10.6 Å². The first-order chi connectivity index (χ1) is 20.2. The predicted octanol–water partition coefficient (Wildman–Crippen LogP) is 5.09. The maximum atomic E-state index is 13.6. The van der Waals surface area contributed by atoms with Crippen LogP contribution in [0.1, 0.15) is 37.1 Å². The second-order valence-corrected chi connectivity index (χ2v) is 12.9. The minimum Gasteiger partial charge on any atom is -0.340 e. The third kappa shape index (κ3) is 5.85. The number of fused-ring (bicyclic) bond motifs is 2. The molecule has 4 aromatic rings. The average Bonchev–Trinajstić information content (AvgIpc) is 3.47. The van der Waals surface area contributed by atoms with Crippen LogP contribution in [0.15, 0.2) is 65.7 Å². The van der Waals surface area contributed by atoms with Gasteiger partial charge in [0.1, 0.15) is 5.82 Å². The van der Waals surface area contributed by atoms with Gasteiger partial charge < -0.3 is 10.6 Å². The maximum Gasteiger partial charge on any atom is 0.243 e. The van der Waals surface area contributed by atoms with E-state index in [0.29, 0.717) is 29.3 Å². The molecule has 10 nitrogen and oxygen atoms in total. The van der Waals surface area contributed by atoms with Crippen LogP contribution in [0.5, 0.6) is 0 Å². The summed E-state index contributed by atoms with van der Waals surface area (Å²) >= 11 is 0. The van der Waals surface area contributed by atoms with Gasteiger partial charge in [0.15, 0.2) is 11.6 Å². The van der Waals surface area contributed by atoms with Crippen LogP contribution in [0.3, 0.4) is 0 Å². The molecule has 3 N–H and O–H groups in total. The highest BCUT2D eigenvalue weighted by atomic mass is 32.2. The number of rotatable bonds is 9. The molecule has 42 heavy (non-hydrogen) atoms. The number of aromatic amines is 1. The molecule has 6 rings (SSSR count). The Morgan fingerprint density at radius 3 is 2.36 bits per heavy atom. The van der Waals surface area contributed by atoms with E-state index >= 15 is 0 Å². The van der Waals surface area contributed by atoms with E-state index in [9.17, 15) is 17.2 Å². The third-order valence-corrected chi connectivity index (χ3v) is 10.0. The van der Waals surface area contributed by atoms with Crippen LogP contribution < -0.4 is 10.6 Å². The SMILES string of the molecule is Cc1cc(CN2C3CCC2CC(N(C)S(=O)(=O)c2ccc(Nc4nccc(Nc5ccc(F)c(F)c5)n4)cc2)C3)n[nH]1. The second kappa shape index (κ2) is 11.4. The van der Waals surface area contributed by atoms with Crippen molar-refractivity contribution in [3.8, 4) is 0 Å². The van der Waals surface area contributed by atoms with Gasteiger partial charge in [0.2, 0.25) is 16.0 Å².